The van der Waals surface area contributed by atoms with Crippen LogP contribution in [-0.2, 0) is 9.59 Å². The predicted octanol–water partition coefficient (Wildman–Crippen LogP) is 0.398. The van der Waals surface area contributed by atoms with Crippen molar-refractivity contribution in [1.82, 2.24) is 4.90 Å². The molecule has 0 aromatic rings. The Bertz CT molecular complexity index is 346. The molecule has 2 unspecified atom stereocenters. The van der Waals surface area contributed by atoms with Crippen molar-refractivity contribution in [3.05, 3.63) is 0 Å². The van der Waals surface area contributed by atoms with Crippen LogP contribution in [0.2, 0.25) is 0 Å². The molecule has 1 heterocycles. The first kappa shape index (κ1) is 10.3. The molecule has 2 saturated carbocycles. The minimum Gasteiger partial charge on any atom is -0.393 e. The molecule has 1 aliphatic heterocycles. The summed E-state index contributed by atoms with van der Waals surface area (Å²) in [6.45, 7) is 4.50. The molecule has 3 rings (SSSR count). The van der Waals surface area contributed by atoms with Gasteiger partial charge in [-0.15, -0.1) is 0 Å². The number of carbonyl (C=O) groups is 2. The highest BCUT2D eigenvalue weighted by Gasteiger charge is 2.72. The van der Waals surface area contributed by atoms with Crippen LogP contribution in [-0.4, -0.2) is 34.5 Å². The van der Waals surface area contributed by atoms with Crippen molar-refractivity contribution < 1.29 is 14.7 Å². The van der Waals surface area contributed by atoms with E-state index in [9.17, 15) is 14.7 Å². The third-order valence-corrected chi connectivity index (χ3v) is 4.54. The second-order valence-corrected chi connectivity index (χ2v) is 6.06. The maximum Gasteiger partial charge on any atom is 0.233 e. The lowest BCUT2D eigenvalue weighted by Crippen LogP contribution is -2.44. The first-order valence-corrected chi connectivity index (χ1v) is 5.96. The molecule has 3 aliphatic rings. The van der Waals surface area contributed by atoms with E-state index in [1.54, 1.807) is 0 Å². The molecular formula is C12H17NO3. The number of aliphatic hydroxyl groups excluding tert-OH is 1. The number of carbonyl (C=O) groups excluding carboxylic acids is 2. The van der Waals surface area contributed by atoms with Crippen LogP contribution in [0.3, 0.4) is 0 Å². The fraction of sp³-hybridized carbons (Fsp3) is 0.833. The van der Waals surface area contributed by atoms with Gasteiger partial charge in [0.05, 0.1) is 17.9 Å². The van der Waals surface area contributed by atoms with E-state index in [2.05, 4.69) is 0 Å². The van der Waals surface area contributed by atoms with Gasteiger partial charge in [-0.1, -0.05) is 13.8 Å². The first-order valence-electron chi connectivity index (χ1n) is 5.96. The molecule has 4 nitrogen and oxygen atoms in total. The molecule has 4 heteroatoms. The van der Waals surface area contributed by atoms with E-state index >= 15 is 0 Å². The van der Waals surface area contributed by atoms with Crippen molar-refractivity contribution >= 4 is 11.8 Å². The molecule has 0 radical (unpaired) electrons. The minimum absolute atomic E-state index is 0.0152. The van der Waals surface area contributed by atoms with E-state index in [0.717, 1.165) is 12.8 Å². The van der Waals surface area contributed by atoms with Crippen molar-refractivity contribution in [1.29, 1.82) is 0 Å². The molecule has 88 valence electrons. The third-order valence-electron chi connectivity index (χ3n) is 4.54. The standard InChI is InChI=1S/C12H17NO3/c1-12(2)8-9(12)11(16)13(10(8)15)5-6-3-7(14)4-6/h6-9,14H,3-5H2,1-2H3. The summed E-state index contributed by atoms with van der Waals surface area (Å²) in [7, 11) is 0. The number of hydrogen-bond acceptors (Lipinski definition) is 3. The summed E-state index contributed by atoms with van der Waals surface area (Å²) < 4.78 is 0. The number of piperidine rings is 1. The zero-order valence-corrected chi connectivity index (χ0v) is 9.64. The van der Waals surface area contributed by atoms with Crippen LogP contribution < -0.4 is 0 Å². The molecule has 0 spiro atoms. The van der Waals surface area contributed by atoms with Gasteiger partial charge in [0.15, 0.2) is 0 Å². The molecule has 1 N–H and O–H groups in total. The SMILES string of the molecule is CC1(C)C2C(=O)N(CC3CC(O)C3)C(=O)C21. The number of amides is 2. The number of hydrogen-bond donors (Lipinski definition) is 1. The van der Waals surface area contributed by atoms with Crippen LogP contribution in [0.4, 0.5) is 0 Å². The molecular weight excluding hydrogens is 206 g/mol. The Morgan fingerprint density at radius 2 is 1.75 bits per heavy atom. The Hall–Kier alpha value is -0.900. The zero-order chi connectivity index (χ0) is 11.7. The van der Waals surface area contributed by atoms with E-state index in [0.29, 0.717) is 12.5 Å². The summed E-state index contributed by atoms with van der Waals surface area (Å²) in [5, 5.41) is 9.18. The lowest BCUT2D eigenvalue weighted by molar-refractivity contribution is -0.145. The van der Waals surface area contributed by atoms with Gasteiger partial charge in [-0.3, -0.25) is 14.5 Å². The van der Waals surface area contributed by atoms with Gasteiger partial charge >= 0.3 is 0 Å². The van der Waals surface area contributed by atoms with Gasteiger partial charge in [0.1, 0.15) is 0 Å². The highest BCUT2D eigenvalue weighted by molar-refractivity contribution is 6.10. The summed E-state index contributed by atoms with van der Waals surface area (Å²) in [5.41, 5.74) is -0.107. The Morgan fingerprint density at radius 1 is 1.25 bits per heavy atom. The summed E-state index contributed by atoms with van der Waals surface area (Å²) >= 11 is 0. The lowest BCUT2D eigenvalue weighted by Gasteiger charge is -2.34. The normalized spacial score (nSPS) is 44.3. The van der Waals surface area contributed by atoms with Crippen molar-refractivity contribution in [3.8, 4) is 0 Å². The summed E-state index contributed by atoms with van der Waals surface area (Å²) in [6.07, 6.45) is 1.25. The van der Waals surface area contributed by atoms with Crippen LogP contribution in [0.1, 0.15) is 26.7 Å². The maximum absolute atomic E-state index is 12.0. The number of nitrogens with zero attached hydrogens (tertiary/aromatic N) is 1. The summed E-state index contributed by atoms with van der Waals surface area (Å²) in [5.74, 6) is 0.223. The molecule has 0 aromatic carbocycles. The topological polar surface area (TPSA) is 57.6 Å². The highest BCUT2D eigenvalue weighted by atomic mass is 16.3. The van der Waals surface area contributed by atoms with Crippen molar-refractivity contribution in [2.45, 2.75) is 32.8 Å². The number of aliphatic hydroxyl groups is 1. The number of imide groups is 1. The largest absolute Gasteiger partial charge is 0.393 e. The fourth-order valence-electron chi connectivity index (χ4n) is 3.29. The van der Waals surface area contributed by atoms with Gasteiger partial charge in [-0.25, -0.2) is 0 Å². The van der Waals surface area contributed by atoms with Gasteiger partial charge in [0.2, 0.25) is 11.8 Å². The number of rotatable bonds is 2. The minimum atomic E-state index is -0.219. The Morgan fingerprint density at radius 3 is 2.19 bits per heavy atom. The van der Waals surface area contributed by atoms with E-state index < -0.39 is 0 Å². The smallest absolute Gasteiger partial charge is 0.233 e. The molecule has 2 atom stereocenters. The van der Waals surface area contributed by atoms with Gasteiger partial charge < -0.3 is 5.11 Å². The molecule has 2 amide bonds. The maximum atomic E-state index is 12.0. The molecule has 0 aromatic heterocycles. The molecule has 16 heavy (non-hydrogen) atoms. The average Bonchev–Trinajstić information content (AvgIpc) is 2.61. The molecule has 0 bridgehead atoms. The predicted molar refractivity (Wildman–Crippen MR) is 56.2 cm³/mol. The van der Waals surface area contributed by atoms with Crippen molar-refractivity contribution in [3.63, 3.8) is 0 Å². The second-order valence-electron chi connectivity index (χ2n) is 6.06. The van der Waals surface area contributed by atoms with Crippen LogP contribution in [0.5, 0.6) is 0 Å². The third kappa shape index (κ3) is 1.14. The van der Waals surface area contributed by atoms with Crippen LogP contribution in [0.25, 0.3) is 0 Å². The first-order chi connectivity index (χ1) is 7.43. The van der Waals surface area contributed by atoms with E-state index in [4.69, 9.17) is 0 Å². The van der Waals surface area contributed by atoms with E-state index in [1.807, 2.05) is 13.8 Å². The number of likely N-dealkylation sites (tertiary alicyclic amines) is 1. The van der Waals surface area contributed by atoms with E-state index in [-0.39, 0.29) is 35.2 Å². The zero-order valence-electron chi connectivity index (χ0n) is 9.64. The molecule has 2 aliphatic carbocycles. The van der Waals surface area contributed by atoms with E-state index in [1.165, 1.54) is 4.90 Å². The van der Waals surface area contributed by atoms with Crippen LogP contribution in [0, 0.1) is 23.2 Å². The van der Waals surface area contributed by atoms with Gasteiger partial charge in [0.25, 0.3) is 0 Å². The van der Waals surface area contributed by atoms with Crippen LogP contribution in [0.15, 0.2) is 0 Å². The van der Waals surface area contributed by atoms with Crippen molar-refractivity contribution in [2.24, 2.45) is 23.2 Å². The summed E-state index contributed by atoms with van der Waals surface area (Å²) in [6, 6.07) is 0. The Kier molecular flexibility index (Phi) is 1.83. The van der Waals surface area contributed by atoms with Crippen LogP contribution >= 0.6 is 0 Å². The monoisotopic (exact) mass is 223 g/mol. The Labute approximate surface area is 94.6 Å². The van der Waals surface area contributed by atoms with Crippen molar-refractivity contribution in [2.75, 3.05) is 6.54 Å². The van der Waals surface area contributed by atoms with Gasteiger partial charge in [0, 0.05) is 6.54 Å². The summed E-state index contributed by atoms with van der Waals surface area (Å²) in [4.78, 5) is 25.4. The molecule has 3 fully saturated rings. The van der Waals surface area contributed by atoms with Gasteiger partial charge in [-0.05, 0) is 24.2 Å². The number of fused-ring (bicyclic) bond motifs is 1. The average molecular weight is 223 g/mol. The quantitative estimate of drug-likeness (QED) is 0.689. The molecule has 1 saturated heterocycles. The second kappa shape index (κ2) is 2.86. The lowest BCUT2D eigenvalue weighted by atomic mass is 9.82. The highest BCUT2D eigenvalue weighted by Crippen LogP contribution is 2.63. The Balaban J connectivity index is 1.67. The fourth-order valence-corrected chi connectivity index (χ4v) is 3.29. The van der Waals surface area contributed by atoms with Gasteiger partial charge in [-0.2, -0.15) is 0 Å².